The van der Waals surface area contributed by atoms with Gasteiger partial charge in [0.15, 0.2) is 0 Å². The van der Waals surface area contributed by atoms with Gasteiger partial charge < -0.3 is 19.9 Å². The number of likely N-dealkylation sites (N-methyl/N-ethyl adjacent to an activating group) is 1. The van der Waals surface area contributed by atoms with Gasteiger partial charge in [-0.15, -0.1) is 0 Å². The highest BCUT2D eigenvalue weighted by Crippen LogP contribution is 2.21. The lowest BCUT2D eigenvalue weighted by molar-refractivity contribution is -0.120. The van der Waals surface area contributed by atoms with Crippen LogP contribution in [0, 0.1) is 6.92 Å². The minimum Gasteiger partial charge on any atom is -0.497 e. The number of aryl methyl sites for hydroxylation is 1. The zero-order valence-corrected chi connectivity index (χ0v) is 17.3. The molecule has 0 bridgehead atoms. The van der Waals surface area contributed by atoms with Gasteiger partial charge in [0, 0.05) is 17.6 Å². The topological polar surface area (TPSA) is 74.4 Å². The molecule has 0 radical (unpaired) electrons. The Labute approximate surface area is 170 Å². The molecule has 1 unspecified atom stereocenters. The third-order valence-corrected chi connectivity index (χ3v) is 5.08. The Morgan fingerprint density at radius 2 is 1.86 bits per heavy atom. The van der Waals surface area contributed by atoms with Crippen molar-refractivity contribution in [2.75, 3.05) is 27.7 Å². The monoisotopic (exact) mass is 393 g/mol. The number of fused-ring (bicyclic) bond motifs is 1. The van der Waals surface area contributed by atoms with E-state index in [1.807, 2.05) is 62.6 Å². The lowest BCUT2D eigenvalue weighted by Crippen LogP contribution is -2.35. The van der Waals surface area contributed by atoms with Gasteiger partial charge in [-0.1, -0.05) is 18.2 Å². The summed E-state index contributed by atoms with van der Waals surface area (Å²) in [6, 6.07) is 15.5. The van der Waals surface area contributed by atoms with E-state index in [0.29, 0.717) is 12.1 Å². The van der Waals surface area contributed by atoms with Gasteiger partial charge >= 0.3 is 0 Å². The number of H-pyrrole nitrogens is 1. The molecule has 0 saturated heterocycles. The number of ether oxygens (including phenoxy) is 1. The van der Waals surface area contributed by atoms with E-state index < -0.39 is 0 Å². The third kappa shape index (κ3) is 5.03. The Bertz CT molecular complexity index is 1060. The summed E-state index contributed by atoms with van der Waals surface area (Å²) < 4.78 is 5.22. The van der Waals surface area contributed by atoms with Crippen molar-refractivity contribution in [2.24, 2.45) is 0 Å². The number of nitrogens with zero attached hydrogens (tertiary/aromatic N) is 1. The molecule has 3 rings (SSSR count). The van der Waals surface area contributed by atoms with E-state index >= 15 is 0 Å². The fraction of sp³-hybridized carbons (Fsp3) is 0.304. The molecule has 152 valence electrons. The smallest absolute Gasteiger partial charge is 0.251 e. The van der Waals surface area contributed by atoms with Crippen LogP contribution in [0.5, 0.6) is 5.75 Å². The number of pyridine rings is 1. The van der Waals surface area contributed by atoms with Crippen molar-refractivity contribution in [3.63, 3.8) is 0 Å². The molecule has 1 heterocycles. The first-order chi connectivity index (χ1) is 13.9. The predicted molar refractivity (Wildman–Crippen MR) is 115 cm³/mol. The minimum atomic E-state index is -0.0868. The predicted octanol–water partition coefficient (Wildman–Crippen LogP) is 2.81. The largest absolute Gasteiger partial charge is 0.497 e. The van der Waals surface area contributed by atoms with Gasteiger partial charge in [0.25, 0.3) is 5.56 Å². The first kappa shape index (κ1) is 20.6. The van der Waals surface area contributed by atoms with Gasteiger partial charge in [0.05, 0.1) is 19.6 Å². The minimum absolute atomic E-state index is 0.0362. The molecule has 6 nitrogen and oxygen atoms in total. The Morgan fingerprint density at radius 1 is 1.14 bits per heavy atom. The van der Waals surface area contributed by atoms with Crippen LogP contribution in [-0.4, -0.2) is 43.5 Å². The summed E-state index contributed by atoms with van der Waals surface area (Å²) in [5.41, 5.74) is 3.37. The Balaban J connectivity index is 1.66. The van der Waals surface area contributed by atoms with E-state index in [-0.39, 0.29) is 23.9 Å². The number of aromatic amines is 1. The van der Waals surface area contributed by atoms with Crippen LogP contribution >= 0.6 is 0 Å². The van der Waals surface area contributed by atoms with Gasteiger partial charge in [-0.2, -0.15) is 0 Å². The second-order valence-electron chi connectivity index (χ2n) is 7.44. The van der Waals surface area contributed by atoms with Gasteiger partial charge in [0.2, 0.25) is 5.91 Å². The summed E-state index contributed by atoms with van der Waals surface area (Å²) in [7, 11) is 5.63. The van der Waals surface area contributed by atoms with Crippen LogP contribution in [0.2, 0.25) is 0 Å². The second-order valence-corrected chi connectivity index (χ2v) is 7.44. The number of amides is 1. The summed E-state index contributed by atoms with van der Waals surface area (Å²) in [6.45, 7) is 2.29. The molecule has 0 aliphatic carbocycles. The van der Waals surface area contributed by atoms with Gasteiger partial charge in [0.1, 0.15) is 5.75 Å². The van der Waals surface area contributed by atoms with Crippen LogP contribution in [0.1, 0.15) is 22.7 Å². The van der Waals surface area contributed by atoms with E-state index in [0.717, 1.165) is 27.8 Å². The molecule has 0 saturated carbocycles. The van der Waals surface area contributed by atoms with Gasteiger partial charge in [-0.3, -0.25) is 9.59 Å². The maximum absolute atomic E-state index is 12.5. The number of carbonyl (C=O) groups excluding carboxylic acids is 1. The molecular formula is C23H27N3O3. The summed E-state index contributed by atoms with van der Waals surface area (Å²) in [5, 5.41) is 3.97. The van der Waals surface area contributed by atoms with Crippen LogP contribution in [0.4, 0.5) is 0 Å². The summed E-state index contributed by atoms with van der Waals surface area (Å²) in [5.74, 6) is 0.772. The van der Waals surface area contributed by atoms with Crippen molar-refractivity contribution in [3.8, 4) is 5.75 Å². The molecule has 0 aliphatic rings. The first-order valence-corrected chi connectivity index (χ1v) is 9.57. The van der Waals surface area contributed by atoms with Crippen LogP contribution in [0.25, 0.3) is 10.9 Å². The molecule has 1 aromatic heterocycles. The molecule has 2 N–H and O–H groups in total. The average Bonchev–Trinajstić information content (AvgIpc) is 2.69. The number of carbonyl (C=O) groups is 1. The number of rotatable bonds is 7. The molecule has 0 aliphatic heterocycles. The molecule has 2 aromatic carbocycles. The summed E-state index contributed by atoms with van der Waals surface area (Å²) in [6.07, 6.45) is 0.289. The zero-order valence-electron chi connectivity index (χ0n) is 17.3. The fourth-order valence-corrected chi connectivity index (χ4v) is 3.36. The van der Waals surface area contributed by atoms with E-state index in [2.05, 4.69) is 15.2 Å². The highest BCUT2D eigenvalue weighted by Gasteiger charge is 2.16. The summed E-state index contributed by atoms with van der Waals surface area (Å²) in [4.78, 5) is 29.2. The first-order valence-electron chi connectivity index (χ1n) is 9.57. The van der Waals surface area contributed by atoms with E-state index in [4.69, 9.17) is 4.74 Å². The maximum atomic E-state index is 12.5. The van der Waals surface area contributed by atoms with Crippen LogP contribution in [0.3, 0.4) is 0 Å². The summed E-state index contributed by atoms with van der Waals surface area (Å²) >= 11 is 0. The molecular weight excluding hydrogens is 366 g/mol. The average molecular weight is 393 g/mol. The third-order valence-electron chi connectivity index (χ3n) is 5.08. The normalized spacial score (nSPS) is 12.2. The van der Waals surface area contributed by atoms with Crippen molar-refractivity contribution in [2.45, 2.75) is 19.4 Å². The van der Waals surface area contributed by atoms with E-state index in [1.165, 1.54) is 0 Å². The fourth-order valence-electron chi connectivity index (χ4n) is 3.36. The number of methoxy groups -OCH3 is 1. The lowest BCUT2D eigenvalue weighted by Gasteiger charge is -2.25. The highest BCUT2D eigenvalue weighted by atomic mass is 16.5. The number of benzene rings is 2. The highest BCUT2D eigenvalue weighted by molar-refractivity contribution is 5.83. The van der Waals surface area contributed by atoms with Crippen molar-refractivity contribution in [3.05, 3.63) is 75.6 Å². The quantitative estimate of drug-likeness (QED) is 0.647. The molecule has 3 aromatic rings. The molecule has 6 heteroatoms. The molecule has 29 heavy (non-hydrogen) atoms. The number of aromatic nitrogens is 1. The van der Waals surface area contributed by atoms with Gasteiger partial charge in [-0.25, -0.2) is 0 Å². The molecule has 0 spiro atoms. The van der Waals surface area contributed by atoms with Crippen molar-refractivity contribution < 1.29 is 9.53 Å². The lowest BCUT2D eigenvalue weighted by atomic mass is 10.0. The van der Waals surface area contributed by atoms with Crippen molar-refractivity contribution >= 4 is 16.8 Å². The van der Waals surface area contributed by atoms with Gasteiger partial charge in [-0.05, 0) is 67.9 Å². The number of nitrogens with one attached hydrogen (secondary N) is 2. The van der Waals surface area contributed by atoms with Crippen molar-refractivity contribution in [1.29, 1.82) is 0 Å². The number of hydrogen-bond acceptors (Lipinski definition) is 4. The molecule has 0 fully saturated rings. The maximum Gasteiger partial charge on any atom is 0.251 e. The number of hydrogen-bond donors (Lipinski definition) is 2. The van der Waals surface area contributed by atoms with Crippen molar-refractivity contribution in [1.82, 2.24) is 15.2 Å². The Kier molecular flexibility index (Phi) is 6.34. The SMILES string of the molecule is COc1ccc(C(CNC(=O)Cc2ccc3[nH]c(=O)c(C)cc3c2)N(C)C)cc1. The Hall–Kier alpha value is -3.12. The second kappa shape index (κ2) is 8.92. The Morgan fingerprint density at radius 3 is 2.52 bits per heavy atom. The molecule has 1 amide bonds. The zero-order chi connectivity index (χ0) is 21.0. The van der Waals surface area contributed by atoms with Crippen LogP contribution < -0.4 is 15.6 Å². The van der Waals surface area contributed by atoms with Crippen LogP contribution in [0.15, 0.2) is 53.3 Å². The standard InChI is InChI=1S/C23H27N3O3/c1-15-11-18-12-16(5-10-20(18)25-23(15)28)13-22(27)24-14-21(26(2)3)17-6-8-19(29-4)9-7-17/h5-12,21H,13-14H2,1-4H3,(H,24,27)(H,25,28). The molecule has 1 atom stereocenters. The van der Waals surface area contributed by atoms with E-state index in [1.54, 1.807) is 14.0 Å². The van der Waals surface area contributed by atoms with E-state index in [9.17, 15) is 9.59 Å². The van der Waals surface area contributed by atoms with Crippen LogP contribution in [-0.2, 0) is 11.2 Å².